The lowest BCUT2D eigenvalue weighted by Crippen LogP contribution is -2.59. The highest BCUT2D eigenvalue weighted by atomic mass is 32.2. The fraction of sp³-hybridized carbons (Fsp3) is 0.909. The summed E-state index contributed by atoms with van der Waals surface area (Å²) in [5.74, 6) is 0. The first-order valence-electron chi connectivity index (χ1n) is 6.11. The van der Waals surface area contributed by atoms with Gasteiger partial charge in [-0.3, -0.25) is 0 Å². The first kappa shape index (κ1) is 14.4. The van der Waals surface area contributed by atoms with Crippen LogP contribution in [0.4, 0.5) is 0 Å². The number of rotatable bonds is 4. The lowest BCUT2D eigenvalue weighted by atomic mass is 10.1. The fourth-order valence-corrected chi connectivity index (χ4v) is 3.60. The molecule has 1 saturated heterocycles. The van der Waals surface area contributed by atoms with Crippen molar-refractivity contribution in [1.82, 2.24) is 9.62 Å². The SMILES string of the molecule is CCC1CN(S(=O)(=O)C(C)C#N)C(CC)CN1. The molecule has 0 aliphatic carbocycles. The average molecular weight is 259 g/mol. The molecule has 1 heterocycles. The monoisotopic (exact) mass is 259 g/mol. The van der Waals surface area contributed by atoms with Crippen LogP contribution in [0.25, 0.3) is 0 Å². The zero-order valence-corrected chi connectivity index (χ0v) is 11.5. The number of hydrogen-bond donors (Lipinski definition) is 1. The molecule has 1 rings (SSSR count). The highest BCUT2D eigenvalue weighted by molar-refractivity contribution is 7.90. The predicted octanol–water partition coefficient (Wildman–Crippen LogP) is 0.691. The second-order valence-corrected chi connectivity index (χ2v) is 6.67. The molecular formula is C11H21N3O2S. The molecular weight excluding hydrogens is 238 g/mol. The van der Waals surface area contributed by atoms with Crippen LogP contribution >= 0.6 is 0 Å². The smallest absolute Gasteiger partial charge is 0.230 e. The van der Waals surface area contributed by atoms with Gasteiger partial charge in [0.05, 0.1) is 6.07 Å². The maximum absolute atomic E-state index is 12.2. The van der Waals surface area contributed by atoms with E-state index >= 15 is 0 Å². The van der Waals surface area contributed by atoms with Gasteiger partial charge in [-0.25, -0.2) is 8.42 Å². The van der Waals surface area contributed by atoms with Crippen LogP contribution in [0, 0.1) is 11.3 Å². The molecule has 6 heteroatoms. The second-order valence-electron chi connectivity index (χ2n) is 4.46. The minimum atomic E-state index is -3.48. The molecule has 0 spiro atoms. The van der Waals surface area contributed by atoms with Crippen molar-refractivity contribution in [2.45, 2.75) is 50.9 Å². The third-order valence-electron chi connectivity index (χ3n) is 3.37. The minimum Gasteiger partial charge on any atom is -0.311 e. The van der Waals surface area contributed by atoms with Gasteiger partial charge < -0.3 is 5.32 Å². The molecule has 0 saturated carbocycles. The Morgan fingerprint density at radius 2 is 2.12 bits per heavy atom. The Bertz CT molecular complexity index is 388. The molecule has 0 aromatic carbocycles. The first-order chi connectivity index (χ1) is 7.97. The molecule has 1 aliphatic heterocycles. The van der Waals surface area contributed by atoms with Gasteiger partial charge in [0.1, 0.15) is 0 Å². The molecule has 3 atom stereocenters. The summed E-state index contributed by atoms with van der Waals surface area (Å²) in [6.45, 7) is 6.60. The highest BCUT2D eigenvalue weighted by Gasteiger charge is 2.37. The number of nitriles is 1. The summed E-state index contributed by atoms with van der Waals surface area (Å²) in [7, 11) is -3.48. The van der Waals surface area contributed by atoms with Gasteiger partial charge in [-0.1, -0.05) is 13.8 Å². The summed E-state index contributed by atoms with van der Waals surface area (Å²) in [4.78, 5) is 0. The quantitative estimate of drug-likeness (QED) is 0.806. The Balaban J connectivity index is 2.95. The molecule has 0 aromatic rings. The molecule has 1 aliphatic rings. The summed E-state index contributed by atoms with van der Waals surface area (Å²) in [5.41, 5.74) is 0. The zero-order chi connectivity index (χ0) is 13.1. The average Bonchev–Trinajstić information content (AvgIpc) is 2.36. The van der Waals surface area contributed by atoms with Crippen LogP contribution in [0.3, 0.4) is 0 Å². The molecule has 0 amide bonds. The van der Waals surface area contributed by atoms with Crippen molar-refractivity contribution in [2.75, 3.05) is 13.1 Å². The summed E-state index contributed by atoms with van der Waals surface area (Å²) >= 11 is 0. The van der Waals surface area contributed by atoms with Crippen LogP contribution in [0.2, 0.25) is 0 Å². The van der Waals surface area contributed by atoms with E-state index in [-0.39, 0.29) is 12.1 Å². The molecule has 3 unspecified atom stereocenters. The van der Waals surface area contributed by atoms with Crippen LogP contribution in [0.5, 0.6) is 0 Å². The van der Waals surface area contributed by atoms with E-state index < -0.39 is 15.3 Å². The summed E-state index contributed by atoms with van der Waals surface area (Å²) < 4.78 is 26.0. The van der Waals surface area contributed by atoms with Crippen LogP contribution in [0.15, 0.2) is 0 Å². The van der Waals surface area contributed by atoms with Gasteiger partial charge in [-0.2, -0.15) is 9.57 Å². The van der Waals surface area contributed by atoms with E-state index in [0.29, 0.717) is 13.1 Å². The standard InChI is InChI=1S/C11H21N3O2S/c1-4-10-8-14(11(5-2)7-13-10)17(15,16)9(3)6-12/h9-11,13H,4-5,7-8H2,1-3H3. The van der Waals surface area contributed by atoms with E-state index in [1.165, 1.54) is 11.2 Å². The van der Waals surface area contributed by atoms with Gasteiger partial charge in [-0.05, 0) is 19.8 Å². The molecule has 0 bridgehead atoms. The third kappa shape index (κ3) is 2.97. The molecule has 5 nitrogen and oxygen atoms in total. The number of hydrogen-bond acceptors (Lipinski definition) is 4. The van der Waals surface area contributed by atoms with Gasteiger partial charge in [-0.15, -0.1) is 0 Å². The number of sulfonamides is 1. The van der Waals surface area contributed by atoms with E-state index in [9.17, 15) is 8.42 Å². The molecule has 1 fully saturated rings. The van der Waals surface area contributed by atoms with E-state index in [2.05, 4.69) is 5.32 Å². The van der Waals surface area contributed by atoms with Crippen molar-refractivity contribution in [3.05, 3.63) is 0 Å². The molecule has 0 radical (unpaired) electrons. The van der Waals surface area contributed by atoms with Gasteiger partial charge in [0.25, 0.3) is 0 Å². The van der Waals surface area contributed by atoms with Gasteiger partial charge in [0, 0.05) is 25.2 Å². The lowest BCUT2D eigenvalue weighted by molar-refractivity contribution is 0.215. The van der Waals surface area contributed by atoms with Gasteiger partial charge in [0.15, 0.2) is 5.25 Å². The Morgan fingerprint density at radius 3 is 2.59 bits per heavy atom. The van der Waals surface area contributed by atoms with Crippen molar-refractivity contribution >= 4 is 10.0 Å². The Morgan fingerprint density at radius 1 is 1.47 bits per heavy atom. The van der Waals surface area contributed by atoms with Crippen LogP contribution < -0.4 is 5.32 Å². The zero-order valence-electron chi connectivity index (χ0n) is 10.7. The normalized spacial score (nSPS) is 28.6. The third-order valence-corrected chi connectivity index (χ3v) is 5.47. The van der Waals surface area contributed by atoms with E-state index in [1.54, 1.807) is 0 Å². The fourth-order valence-electron chi connectivity index (χ4n) is 2.04. The van der Waals surface area contributed by atoms with Crippen molar-refractivity contribution in [1.29, 1.82) is 5.26 Å². The predicted molar refractivity (Wildman–Crippen MR) is 66.9 cm³/mol. The largest absolute Gasteiger partial charge is 0.311 e. The Hall–Kier alpha value is -0.640. The number of nitrogens with one attached hydrogen (secondary N) is 1. The summed E-state index contributed by atoms with van der Waals surface area (Å²) in [6, 6.07) is 1.99. The van der Waals surface area contributed by atoms with Crippen molar-refractivity contribution < 1.29 is 8.42 Å². The summed E-state index contributed by atoms with van der Waals surface area (Å²) in [5, 5.41) is 11.2. The van der Waals surface area contributed by atoms with Crippen molar-refractivity contribution in [3.8, 4) is 6.07 Å². The molecule has 17 heavy (non-hydrogen) atoms. The number of piperazine rings is 1. The van der Waals surface area contributed by atoms with E-state index in [1.807, 2.05) is 19.9 Å². The second kappa shape index (κ2) is 5.80. The molecule has 98 valence electrons. The van der Waals surface area contributed by atoms with E-state index in [4.69, 9.17) is 5.26 Å². The van der Waals surface area contributed by atoms with Gasteiger partial charge >= 0.3 is 0 Å². The minimum absolute atomic E-state index is 0.0291. The first-order valence-corrected chi connectivity index (χ1v) is 7.61. The molecule has 1 N–H and O–H groups in total. The van der Waals surface area contributed by atoms with E-state index in [0.717, 1.165) is 12.8 Å². The van der Waals surface area contributed by atoms with Crippen LogP contribution in [-0.2, 0) is 10.0 Å². The summed E-state index contributed by atoms with van der Waals surface area (Å²) in [6.07, 6.45) is 1.66. The van der Waals surface area contributed by atoms with Crippen LogP contribution in [0.1, 0.15) is 33.6 Å². The molecule has 0 aromatic heterocycles. The van der Waals surface area contributed by atoms with Gasteiger partial charge in [0.2, 0.25) is 10.0 Å². The lowest BCUT2D eigenvalue weighted by Gasteiger charge is -2.39. The van der Waals surface area contributed by atoms with Crippen molar-refractivity contribution in [2.24, 2.45) is 0 Å². The maximum atomic E-state index is 12.2. The van der Waals surface area contributed by atoms with Crippen molar-refractivity contribution in [3.63, 3.8) is 0 Å². The maximum Gasteiger partial charge on any atom is 0.230 e. The Labute approximate surface area is 104 Å². The number of nitrogens with zero attached hydrogens (tertiary/aromatic N) is 2. The van der Waals surface area contributed by atoms with Crippen LogP contribution in [-0.4, -0.2) is 43.1 Å². The Kier molecular flexibility index (Phi) is 4.92. The topological polar surface area (TPSA) is 73.2 Å². The highest BCUT2D eigenvalue weighted by Crippen LogP contribution is 2.19.